The van der Waals surface area contributed by atoms with Crippen molar-refractivity contribution in [1.29, 1.82) is 0 Å². The van der Waals surface area contributed by atoms with Crippen molar-refractivity contribution in [2.75, 3.05) is 11.1 Å². The minimum Gasteiger partial charge on any atom is -0.368 e. The van der Waals surface area contributed by atoms with E-state index >= 15 is 0 Å². The van der Waals surface area contributed by atoms with Crippen molar-refractivity contribution in [3.8, 4) is 0 Å². The minimum atomic E-state index is -0.336. The van der Waals surface area contributed by atoms with E-state index in [1.165, 1.54) is 23.9 Å². The topological polar surface area (TPSA) is 112 Å². The predicted octanol–water partition coefficient (Wildman–Crippen LogP) is 3.36. The third-order valence-corrected chi connectivity index (χ3v) is 5.24. The van der Waals surface area contributed by atoms with Gasteiger partial charge in [0.15, 0.2) is 5.16 Å². The van der Waals surface area contributed by atoms with Crippen LogP contribution in [0.1, 0.15) is 12.7 Å². The molecule has 0 amide bonds. The number of para-hydroxylation sites is 1. The SMILES string of the molecule is CCn1c(SCc2nc(N)nc(Nc3ccc(F)cc3)n2)nc2ccccc2c1=O. The third-order valence-electron chi connectivity index (χ3n) is 4.27. The third kappa shape index (κ3) is 4.23. The Morgan fingerprint density at radius 2 is 1.83 bits per heavy atom. The zero-order valence-electron chi connectivity index (χ0n) is 16.0. The molecule has 4 rings (SSSR count). The number of rotatable bonds is 6. The summed E-state index contributed by atoms with van der Waals surface area (Å²) in [5, 5.41) is 4.14. The number of hydrogen-bond donors (Lipinski definition) is 2. The van der Waals surface area contributed by atoms with Crippen LogP contribution in [-0.4, -0.2) is 24.5 Å². The summed E-state index contributed by atoms with van der Waals surface area (Å²) in [7, 11) is 0. The Balaban J connectivity index is 1.58. The van der Waals surface area contributed by atoms with Gasteiger partial charge in [-0.15, -0.1) is 0 Å². The lowest BCUT2D eigenvalue weighted by molar-refractivity contribution is 0.628. The van der Waals surface area contributed by atoms with Crippen molar-refractivity contribution < 1.29 is 4.39 Å². The molecule has 2 aromatic heterocycles. The quantitative estimate of drug-likeness (QED) is 0.359. The molecule has 2 aromatic carbocycles. The van der Waals surface area contributed by atoms with E-state index in [9.17, 15) is 9.18 Å². The van der Waals surface area contributed by atoms with E-state index in [4.69, 9.17) is 5.73 Å². The van der Waals surface area contributed by atoms with E-state index in [0.29, 0.717) is 39.9 Å². The van der Waals surface area contributed by atoms with Crippen LogP contribution in [0.5, 0.6) is 0 Å². The first-order valence-electron chi connectivity index (χ1n) is 9.19. The largest absolute Gasteiger partial charge is 0.368 e. The van der Waals surface area contributed by atoms with Crippen molar-refractivity contribution in [1.82, 2.24) is 24.5 Å². The number of hydrogen-bond acceptors (Lipinski definition) is 8. The first-order valence-corrected chi connectivity index (χ1v) is 10.2. The molecule has 2 heterocycles. The number of nitrogens with one attached hydrogen (secondary N) is 1. The van der Waals surface area contributed by atoms with Crippen molar-refractivity contribution in [2.45, 2.75) is 24.4 Å². The average molecular weight is 423 g/mol. The van der Waals surface area contributed by atoms with Gasteiger partial charge in [-0.3, -0.25) is 9.36 Å². The number of benzene rings is 2. The van der Waals surface area contributed by atoms with Crippen LogP contribution in [0.3, 0.4) is 0 Å². The van der Waals surface area contributed by atoms with Gasteiger partial charge in [0.25, 0.3) is 5.56 Å². The second kappa shape index (κ2) is 8.46. The molecule has 10 heteroatoms. The predicted molar refractivity (Wildman–Crippen MR) is 115 cm³/mol. The monoisotopic (exact) mass is 423 g/mol. The highest BCUT2D eigenvalue weighted by Gasteiger charge is 2.12. The van der Waals surface area contributed by atoms with Gasteiger partial charge >= 0.3 is 0 Å². The first-order chi connectivity index (χ1) is 14.5. The maximum atomic E-state index is 13.1. The molecule has 30 heavy (non-hydrogen) atoms. The van der Waals surface area contributed by atoms with E-state index in [0.717, 1.165) is 0 Å². The van der Waals surface area contributed by atoms with Crippen LogP contribution in [0.4, 0.5) is 22.0 Å². The molecule has 0 unspecified atom stereocenters. The minimum absolute atomic E-state index is 0.0598. The number of halogens is 1. The molecule has 8 nitrogen and oxygen atoms in total. The summed E-state index contributed by atoms with van der Waals surface area (Å²) in [5.74, 6) is 0.753. The molecule has 0 bridgehead atoms. The van der Waals surface area contributed by atoms with E-state index in [1.54, 1.807) is 22.8 Å². The second-order valence-corrected chi connectivity index (χ2v) is 7.26. The van der Waals surface area contributed by atoms with Gasteiger partial charge in [-0.25, -0.2) is 9.37 Å². The Labute approximate surface area is 175 Å². The van der Waals surface area contributed by atoms with Crippen molar-refractivity contribution in [3.05, 3.63) is 70.5 Å². The van der Waals surface area contributed by atoms with Crippen LogP contribution in [0, 0.1) is 5.82 Å². The average Bonchev–Trinajstić information content (AvgIpc) is 2.74. The van der Waals surface area contributed by atoms with Gasteiger partial charge in [0.1, 0.15) is 11.6 Å². The lowest BCUT2D eigenvalue weighted by Crippen LogP contribution is -2.22. The summed E-state index contributed by atoms with van der Waals surface area (Å²) in [6, 6.07) is 13.1. The first kappa shape index (κ1) is 19.8. The van der Waals surface area contributed by atoms with E-state index < -0.39 is 0 Å². The number of fused-ring (bicyclic) bond motifs is 1. The maximum Gasteiger partial charge on any atom is 0.262 e. The molecule has 0 saturated heterocycles. The van der Waals surface area contributed by atoms with Gasteiger partial charge in [-0.1, -0.05) is 23.9 Å². The summed E-state index contributed by atoms with van der Waals surface area (Å²) in [6.45, 7) is 2.39. The van der Waals surface area contributed by atoms with Crippen LogP contribution in [0.25, 0.3) is 10.9 Å². The summed E-state index contributed by atoms with van der Waals surface area (Å²) in [4.78, 5) is 29.9. The van der Waals surface area contributed by atoms with Crippen LogP contribution >= 0.6 is 11.8 Å². The Kier molecular flexibility index (Phi) is 5.57. The standard InChI is InChI=1S/C20H18FN7OS/c1-2-28-17(29)14-5-3-4-6-15(14)24-20(28)30-11-16-25-18(22)27-19(26-16)23-13-9-7-12(21)8-10-13/h3-10H,2,11H2,1H3,(H3,22,23,25,26,27). The van der Waals surface area contributed by atoms with Crippen LogP contribution in [-0.2, 0) is 12.3 Å². The summed E-state index contributed by atoms with van der Waals surface area (Å²) in [5.41, 5.74) is 7.00. The highest BCUT2D eigenvalue weighted by molar-refractivity contribution is 7.98. The normalized spacial score (nSPS) is 11.0. The highest BCUT2D eigenvalue weighted by atomic mass is 32.2. The number of anilines is 3. The molecule has 152 valence electrons. The molecule has 0 atom stereocenters. The highest BCUT2D eigenvalue weighted by Crippen LogP contribution is 2.22. The van der Waals surface area contributed by atoms with Gasteiger partial charge in [0.05, 0.1) is 16.7 Å². The molecule has 0 aliphatic heterocycles. The Hall–Kier alpha value is -3.53. The zero-order valence-corrected chi connectivity index (χ0v) is 16.9. The number of nitrogen functional groups attached to an aromatic ring is 1. The zero-order chi connectivity index (χ0) is 21.1. The molecular weight excluding hydrogens is 405 g/mol. The molecule has 0 aliphatic carbocycles. The maximum absolute atomic E-state index is 13.1. The van der Waals surface area contributed by atoms with Crippen molar-refractivity contribution in [2.24, 2.45) is 0 Å². The van der Waals surface area contributed by atoms with E-state index in [1.807, 2.05) is 25.1 Å². The molecular formula is C20H18FN7OS. The summed E-state index contributed by atoms with van der Waals surface area (Å²) in [6.07, 6.45) is 0. The van der Waals surface area contributed by atoms with Crippen LogP contribution < -0.4 is 16.6 Å². The molecule has 0 spiro atoms. The number of nitrogens with two attached hydrogens (primary N) is 1. The smallest absolute Gasteiger partial charge is 0.262 e. The summed E-state index contributed by atoms with van der Waals surface area (Å²) < 4.78 is 14.7. The van der Waals surface area contributed by atoms with Gasteiger partial charge < -0.3 is 11.1 Å². The number of nitrogens with zero attached hydrogens (tertiary/aromatic N) is 5. The van der Waals surface area contributed by atoms with Gasteiger partial charge in [0, 0.05) is 12.2 Å². The second-order valence-electron chi connectivity index (χ2n) is 6.31. The van der Waals surface area contributed by atoms with Gasteiger partial charge in [-0.05, 0) is 43.3 Å². The molecule has 4 aromatic rings. The lowest BCUT2D eigenvalue weighted by Gasteiger charge is -2.11. The van der Waals surface area contributed by atoms with Crippen molar-refractivity contribution in [3.63, 3.8) is 0 Å². The molecule has 0 fully saturated rings. The summed E-state index contributed by atoms with van der Waals surface area (Å²) >= 11 is 1.35. The molecule has 0 aliphatic rings. The molecule has 3 N–H and O–H groups in total. The van der Waals surface area contributed by atoms with Crippen molar-refractivity contribution >= 4 is 40.2 Å². The molecule has 0 radical (unpaired) electrons. The van der Waals surface area contributed by atoms with E-state index in [2.05, 4.69) is 25.3 Å². The lowest BCUT2D eigenvalue weighted by atomic mass is 10.2. The Morgan fingerprint density at radius 3 is 2.60 bits per heavy atom. The number of aromatic nitrogens is 5. The fourth-order valence-corrected chi connectivity index (χ4v) is 3.80. The van der Waals surface area contributed by atoms with E-state index in [-0.39, 0.29) is 23.3 Å². The fraction of sp³-hybridized carbons (Fsp3) is 0.150. The van der Waals surface area contributed by atoms with Crippen LogP contribution in [0.2, 0.25) is 0 Å². The van der Waals surface area contributed by atoms with Gasteiger partial charge in [-0.2, -0.15) is 15.0 Å². The Bertz CT molecular complexity index is 1260. The molecule has 0 saturated carbocycles. The number of thioether (sulfide) groups is 1. The van der Waals surface area contributed by atoms with Gasteiger partial charge in [0.2, 0.25) is 11.9 Å². The fourth-order valence-electron chi connectivity index (χ4n) is 2.89. The van der Waals surface area contributed by atoms with Crippen LogP contribution in [0.15, 0.2) is 58.5 Å². The Morgan fingerprint density at radius 1 is 1.07 bits per heavy atom.